The molecule has 22 heavy (non-hydrogen) atoms. The number of hydrogen-bond donors (Lipinski definition) is 2. The van der Waals surface area contributed by atoms with E-state index >= 15 is 0 Å². The van der Waals surface area contributed by atoms with E-state index < -0.39 is 0 Å². The Hall–Kier alpha value is -0.770. The maximum atomic E-state index is 6.57. The van der Waals surface area contributed by atoms with Crippen molar-refractivity contribution >= 4 is 5.96 Å². The van der Waals surface area contributed by atoms with Gasteiger partial charge in [0.05, 0.1) is 6.04 Å². The van der Waals surface area contributed by atoms with Gasteiger partial charge in [0.25, 0.3) is 0 Å². The molecule has 1 heterocycles. The third-order valence-electron chi connectivity index (χ3n) is 5.82. The van der Waals surface area contributed by atoms with Crippen molar-refractivity contribution in [3.8, 4) is 0 Å². The van der Waals surface area contributed by atoms with Gasteiger partial charge in [-0.25, -0.2) is 4.99 Å². The Bertz CT molecular complexity index is 332. The van der Waals surface area contributed by atoms with Gasteiger partial charge in [0.2, 0.25) is 0 Å². The SMILES string of the molecule is NC(=NC1CCCCC1)N(C1CCCCC1)C1CCNCC1. The summed E-state index contributed by atoms with van der Waals surface area (Å²) in [7, 11) is 0. The molecule has 0 atom stereocenters. The van der Waals surface area contributed by atoms with Crippen LogP contribution in [-0.4, -0.2) is 42.1 Å². The largest absolute Gasteiger partial charge is 0.370 e. The molecule has 1 saturated heterocycles. The molecule has 0 aromatic heterocycles. The van der Waals surface area contributed by atoms with Gasteiger partial charge in [-0.2, -0.15) is 0 Å². The van der Waals surface area contributed by atoms with Crippen LogP contribution in [-0.2, 0) is 0 Å². The average molecular weight is 306 g/mol. The highest BCUT2D eigenvalue weighted by atomic mass is 15.3. The summed E-state index contributed by atoms with van der Waals surface area (Å²) in [5.41, 5.74) is 6.57. The van der Waals surface area contributed by atoms with E-state index in [0.29, 0.717) is 18.1 Å². The van der Waals surface area contributed by atoms with Crippen LogP contribution in [0.3, 0.4) is 0 Å². The summed E-state index contributed by atoms with van der Waals surface area (Å²) >= 11 is 0. The minimum Gasteiger partial charge on any atom is -0.370 e. The van der Waals surface area contributed by atoms with E-state index in [1.54, 1.807) is 0 Å². The minimum atomic E-state index is 0.488. The smallest absolute Gasteiger partial charge is 0.192 e. The lowest BCUT2D eigenvalue weighted by atomic mass is 9.91. The number of nitrogens with zero attached hydrogens (tertiary/aromatic N) is 2. The molecular weight excluding hydrogens is 272 g/mol. The van der Waals surface area contributed by atoms with Gasteiger partial charge in [0.1, 0.15) is 0 Å². The molecule has 3 fully saturated rings. The van der Waals surface area contributed by atoms with Crippen molar-refractivity contribution in [1.82, 2.24) is 10.2 Å². The van der Waals surface area contributed by atoms with Gasteiger partial charge < -0.3 is 16.0 Å². The lowest BCUT2D eigenvalue weighted by Gasteiger charge is -2.43. The van der Waals surface area contributed by atoms with Crippen LogP contribution >= 0.6 is 0 Å². The molecule has 3 N–H and O–H groups in total. The van der Waals surface area contributed by atoms with Crippen LogP contribution in [0.2, 0.25) is 0 Å². The molecule has 0 radical (unpaired) electrons. The molecule has 126 valence electrons. The van der Waals surface area contributed by atoms with Crippen LogP contribution in [0.4, 0.5) is 0 Å². The molecule has 0 spiro atoms. The third-order valence-corrected chi connectivity index (χ3v) is 5.82. The van der Waals surface area contributed by atoms with Gasteiger partial charge in [-0.1, -0.05) is 38.5 Å². The number of nitrogens with one attached hydrogen (secondary N) is 1. The Morgan fingerprint density at radius 2 is 1.32 bits per heavy atom. The van der Waals surface area contributed by atoms with Crippen molar-refractivity contribution < 1.29 is 0 Å². The van der Waals surface area contributed by atoms with Crippen LogP contribution in [0.5, 0.6) is 0 Å². The number of piperidine rings is 1. The molecule has 2 saturated carbocycles. The fraction of sp³-hybridized carbons (Fsp3) is 0.944. The van der Waals surface area contributed by atoms with Crippen LogP contribution in [0, 0.1) is 0 Å². The first-order valence-corrected chi connectivity index (χ1v) is 9.67. The Balaban J connectivity index is 1.71. The maximum Gasteiger partial charge on any atom is 0.192 e. The second-order valence-corrected chi connectivity index (χ2v) is 7.46. The van der Waals surface area contributed by atoms with E-state index in [1.165, 1.54) is 77.0 Å². The van der Waals surface area contributed by atoms with E-state index in [2.05, 4.69) is 10.2 Å². The third kappa shape index (κ3) is 4.15. The zero-order valence-electron chi connectivity index (χ0n) is 14.1. The van der Waals surface area contributed by atoms with Crippen LogP contribution < -0.4 is 11.1 Å². The van der Waals surface area contributed by atoms with E-state index in [9.17, 15) is 0 Å². The van der Waals surface area contributed by atoms with Gasteiger partial charge in [-0.05, 0) is 51.6 Å². The highest BCUT2D eigenvalue weighted by Crippen LogP contribution is 2.27. The fourth-order valence-corrected chi connectivity index (χ4v) is 4.58. The van der Waals surface area contributed by atoms with Crippen molar-refractivity contribution in [2.24, 2.45) is 10.7 Å². The lowest BCUT2D eigenvalue weighted by Crippen LogP contribution is -2.54. The van der Waals surface area contributed by atoms with Gasteiger partial charge in [-0.3, -0.25) is 0 Å². The number of guanidine groups is 1. The monoisotopic (exact) mass is 306 g/mol. The summed E-state index contributed by atoms with van der Waals surface area (Å²) in [4.78, 5) is 7.54. The predicted octanol–water partition coefficient (Wildman–Crippen LogP) is 3.02. The number of hydrogen-bond acceptors (Lipinski definition) is 2. The average Bonchev–Trinajstić information content (AvgIpc) is 2.58. The van der Waals surface area contributed by atoms with E-state index in [-0.39, 0.29) is 0 Å². The zero-order valence-corrected chi connectivity index (χ0v) is 14.1. The van der Waals surface area contributed by atoms with Gasteiger partial charge in [-0.15, -0.1) is 0 Å². The molecule has 1 aliphatic heterocycles. The van der Waals surface area contributed by atoms with E-state index in [4.69, 9.17) is 10.7 Å². The van der Waals surface area contributed by atoms with E-state index in [1.807, 2.05) is 0 Å². The second kappa shape index (κ2) is 8.19. The molecule has 0 aromatic carbocycles. The summed E-state index contributed by atoms with van der Waals surface area (Å²) in [6.07, 6.45) is 15.7. The van der Waals surface area contributed by atoms with Crippen molar-refractivity contribution in [2.75, 3.05) is 13.1 Å². The Morgan fingerprint density at radius 1 is 0.773 bits per heavy atom. The number of aliphatic imine (C=N–C) groups is 1. The summed E-state index contributed by atoms with van der Waals surface area (Å²) in [5.74, 6) is 0.866. The normalized spacial score (nSPS) is 27.0. The van der Waals surface area contributed by atoms with Crippen molar-refractivity contribution in [3.05, 3.63) is 0 Å². The van der Waals surface area contributed by atoms with Crippen LogP contribution in [0.1, 0.15) is 77.0 Å². The minimum absolute atomic E-state index is 0.488. The second-order valence-electron chi connectivity index (χ2n) is 7.46. The first-order valence-electron chi connectivity index (χ1n) is 9.67. The van der Waals surface area contributed by atoms with Gasteiger partial charge in [0, 0.05) is 12.1 Å². The number of nitrogens with two attached hydrogens (primary N) is 1. The summed E-state index contributed by atoms with van der Waals surface area (Å²) in [6.45, 7) is 2.26. The molecule has 3 aliphatic rings. The molecule has 0 unspecified atom stereocenters. The molecule has 4 heteroatoms. The summed E-state index contributed by atoms with van der Waals surface area (Å²) in [6, 6.07) is 1.74. The van der Waals surface area contributed by atoms with Crippen molar-refractivity contribution in [3.63, 3.8) is 0 Å². The molecule has 0 amide bonds. The van der Waals surface area contributed by atoms with Gasteiger partial charge in [0.15, 0.2) is 5.96 Å². The van der Waals surface area contributed by atoms with Crippen LogP contribution in [0.25, 0.3) is 0 Å². The Labute approximate surface area is 135 Å². The Kier molecular flexibility index (Phi) is 5.99. The predicted molar refractivity (Wildman–Crippen MR) is 93.1 cm³/mol. The van der Waals surface area contributed by atoms with Crippen LogP contribution in [0.15, 0.2) is 4.99 Å². The quantitative estimate of drug-likeness (QED) is 0.622. The zero-order chi connectivity index (χ0) is 15.2. The Morgan fingerprint density at radius 3 is 1.95 bits per heavy atom. The molecule has 0 aromatic rings. The topological polar surface area (TPSA) is 53.6 Å². The molecule has 0 bridgehead atoms. The molecule has 4 nitrogen and oxygen atoms in total. The summed E-state index contributed by atoms with van der Waals surface area (Å²) in [5, 5.41) is 3.49. The molecular formula is C18H34N4. The fourth-order valence-electron chi connectivity index (χ4n) is 4.58. The maximum absolute atomic E-state index is 6.57. The molecule has 3 rings (SSSR count). The lowest BCUT2D eigenvalue weighted by molar-refractivity contribution is 0.159. The standard InChI is InChI=1S/C18H34N4/c19-18(21-15-7-3-1-4-8-15)22(16-9-5-2-6-10-16)17-11-13-20-14-12-17/h15-17,20H,1-14H2,(H2,19,21). The van der Waals surface area contributed by atoms with Gasteiger partial charge >= 0.3 is 0 Å². The first kappa shape index (κ1) is 16.1. The highest BCUT2D eigenvalue weighted by Gasteiger charge is 2.30. The van der Waals surface area contributed by atoms with Crippen molar-refractivity contribution in [2.45, 2.75) is 95.2 Å². The number of rotatable bonds is 3. The summed E-state index contributed by atoms with van der Waals surface area (Å²) < 4.78 is 0. The van der Waals surface area contributed by atoms with E-state index in [0.717, 1.165) is 19.0 Å². The highest BCUT2D eigenvalue weighted by molar-refractivity contribution is 5.79. The molecule has 2 aliphatic carbocycles. The van der Waals surface area contributed by atoms with Crippen molar-refractivity contribution in [1.29, 1.82) is 0 Å². The first-order chi connectivity index (χ1) is 10.8.